The Morgan fingerprint density at radius 1 is 0.500 bits per heavy atom. The number of anilines is 1. The Bertz CT molecular complexity index is 625. The standard InChI is InChI=1S/C34H60N2/c1-3-5-7-9-10-11-12-13-14-15-16-17-18-19-20-21-26-30-35-31-32-36(33-27-23-22-24-28-33)34(35)29-25-8-6-4-2/h22-24,27-28,31-32,34H,3-21,25-26,29-30H2,1-2H3. The second-order valence-electron chi connectivity index (χ2n) is 11.3. The molecule has 0 aliphatic carbocycles. The van der Waals surface area contributed by atoms with Crippen LogP contribution in [0.5, 0.6) is 0 Å². The van der Waals surface area contributed by atoms with Crippen molar-refractivity contribution in [2.24, 2.45) is 0 Å². The Kier molecular flexibility index (Phi) is 18.5. The molecule has 1 atom stereocenters. The van der Waals surface area contributed by atoms with Gasteiger partial charge in [0.25, 0.3) is 0 Å². The van der Waals surface area contributed by atoms with Crippen molar-refractivity contribution in [3.8, 4) is 0 Å². The van der Waals surface area contributed by atoms with Crippen molar-refractivity contribution in [3.05, 3.63) is 42.7 Å². The first-order valence-electron chi connectivity index (χ1n) is 16.1. The molecule has 1 aliphatic rings. The molecular formula is C34H60N2. The van der Waals surface area contributed by atoms with Gasteiger partial charge in [0.15, 0.2) is 0 Å². The second-order valence-corrected chi connectivity index (χ2v) is 11.3. The zero-order chi connectivity index (χ0) is 25.5. The van der Waals surface area contributed by atoms with Gasteiger partial charge in [-0.15, -0.1) is 0 Å². The molecule has 1 aromatic rings. The molecule has 206 valence electrons. The summed E-state index contributed by atoms with van der Waals surface area (Å²) in [7, 11) is 0. The van der Waals surface area contributed by atoms with Gasteiger partial charge in [-0.2, -0.15) is 0 Å². The minimum absolute atomic E-state index is 0.505. The van der Waals surface area contributed by atoms with Crippen LogP contribution in [-0.4, -0.2) is 17.6 Å². The van der Waals surface area contributed by atoms with E-state index in [0.29, 0.717) is 6.17 Å². The lowest BCUT2D eigenvalue weighted by Crippen LogP contribution is -2.39. The van der Waals surface area contributed by atoms with Gasteiger partial charge in [-0.3, -0.25) is 0 Å². The monoisotopic (exact) mass is 496 g/mol. The number of para-hydroxylation sites is 1. The molecule has 0 aromatic heterocycles. The van der Waals surface area contributed by atoms with Crippen LogP contribution in [0.2, 0.25) is 0 Å². The van der Waals surface area contributed by atoms with E-state index in [-0.39, 0.29) is 0 Å². The van der Waals surface area contributed by atoms with E-state index in [1.54, 1.807) is 0 Å². The van der Waals surface area contributed by atoms with Crippen molar-refractivity contribution in [2.75, 3.05) is 11.4 Å². The van der Waals surface area contributed by atoms with E-state index in [2.05, 4.69) is 66.4 Å². The van der Waals surface area contributed by atoms with E-state index >= 15 is 0 Å². The summed E-state index contributed by atoms with van der Waals surface area (Å²) < 4.78 is 0. The lowest BCUT2D eigenvalue weighted by Gasteiger charge is -2.33. The van der Waals surface area contributed by atoms with Crippen LogP contribution in [0.25, 0.3) is 0 Å². The Morgan fingerprint density at radius 2 is 0.944 bits per heavy atom. The van der Waals surface area contributed by atoms with E-state index in [9.17, 15) is 0 Å². The SMILES string of the molecule is CCCCCCCCCCCCCCCCCCCN1C=CN(c2ccccc2)C1CCCCCC. The van der Waals surface area contributed by atoms with Crippen molar-refractivity contribution in [1.82, 2.24) is 4.90 Å². The molecule has 1 unspecified atom stereocenters. The Hall–Kier alpha value is -1.44. The fraction of sp³-hybridized carbons (Fsp3) is 0.765. The third kappa shape index (κ3) is 13.8. The molecule has 1 aromatic carbocycles. The summed E-state index contributed by atoms with van der Waals surface area (Å²) >= 11 is 0. The van der Waals surface area contributed by atoms with E-state index in [1.165, 1.54) is 153 Å². The predicted octanol–water partition coefficient (Wildman–Crippen LogP) is 11.2. The highest BCUT2D eigenvalue weighted by Crippen LogP contribution is 2.28. The Balaban J connectivity index is 1.47. The van der Waals surface area contributed by atoms with Crippen molar-refractivity contribution >= 4 is 5.69 Å². The van der Waals surface area contributed by atoms with Crippen LogP contribution in [0.1, 0.15) is 155 Å². The third-order valence-electron chi connectivity index (χ3n) is 8.01. The summed E-state index contributed by atoms with van der Waals surface area (Å²) in [5.74, 6) is 0. The Labute approximate surface area is 225 Å². The average Bonchev–Trinajstić information content (AvgIpc) is 3.31. The number of hydrogen-bond acceptors (Lipinski definition) is 2. The maximum Gasteiger partial charge on any atom is 0.105 e. The topological polar surface area (TPSA) is 6.48 Å². The van der Waals surface area contributed by atoms with Crippen LogP contribution in [0.3, 0.4) is 0 Å². The van der Waals surface area contributed by atoms with Gasteiger partial charge in [0, 0.05) is 24.6 Å². The molecule has 0 fully saturated rings. The van der Waals surface area contributed by atoms with Crippen LogP contribution in [-0.2, 0) is 0 Å². The second kappa shape index (κ2) is 21.6. The lowest BCUT2D eigenvalue weighted by molar-refractivity contribution is 0.273. The molecule has 2 nitrogen and oxygen atoms in total. The lowest BCUT2D eigenvalue weighted by atomic mass is 10.0. The van der Waals surface area contributed by atoms with Crippen LogP contribution < -0.4 is 4.90 Å². The van der Waals surface area contributed by atoms with E-state index in [1.807, 2.05) is 0 Å². The minimum atomic E-state index is 0.505. The molecule has 0 bridgehead atoms. The van der Waals surface area contributed by atoms with Gasteiger partial charge in [-0.05, 0) is 31.4 Å². The highest BCUT2D eigenvalue weighted by Gasteiger charge is 2.26. The van der Waals surface area contributed by atoms with Crippen molar-refractivity contribution in [2.45, 2.75) is 161 Å². The van der Waals surface area contributed by atoms with Gasteiger partial charge in [-0.1, -0.05) is 154 Å². The van der Waals surface area contributed by atoms with Crippen molar-refractivity contribution < 1.29 is 0 Å². The van der Waals surface area contributed by atoms with E-state index in [0.717, 1.165) is 0 Å². The molecule has 0 N–H and O–H groups in total. The maximum absolute atomic E-state index is 2.62. The summed E-state index contributed by atoms with van der Waals surface area (Å²) in [6.07, 6.45) is 36.3. The number of rotatable bonds is 24. The highest BCUT2D eigenvalue weighted by atomic mass is 15.4. The summed E-state index contributed by atoms with van der Waals surface area (Å²) in [4.78, 5) is 5.11. The molecule has 2 heteroatoms. The van der Waals surface area contributed by atoms with Crippen molar-refractivity contribution in [3.63, 3.8) is 0 Å². The molecule has 0 saturated heterocycles. The molecule has 0 spiro atoms. The molecule has 0 radical (unpaired) electrons. The summed E-state index contributed by atoms with van der Waals surface area (Å²) in [6, 6.07) is 11.0. The van der Waals surface area contributed by atoms with Gasteiger partial charge in [-0.25, -0.2) is 0 Å². The first kappa shape index (κ1) is 30.8. The summed E-state index contributed by atoms with van der Waals surface area (Å²) in [6.45, 7) is 5.81. The number of unbranched alkanes of at least 4 members (excludes halogenated alkanes) is 19. The van der Waals surface area contributed by atoms with Crippen LogP contribution in [0.15, 0.2) is 42.7 Å². The predicted molar refractivity (Wildman–Crippen MR) is 161 cm³/mol. The van der Waals surface area contributed by atoms with Crippen LogP contribution in [0.4, 0.5) is 5.69 Å². The summed E-state index contributed by atoms with van der Waals surface area (Å²) in [5.41, 5.74) is 1.33. The van der Waals surface area contributed by atoms with Gasteiger partial charge in [0.1, 0.15) is 6.17 Å². The molecule has 1 heterocycles. The number of nitrogens with zero attached hydrogens (tertiary/aromatic N) is 2. The highest BCUT2D eigenvalue weighted by molar-refractivity contribution is 5.51. The first-order valence-corrected chi connectivity index (χ1v) is 16.1. The van der Waals surface area contributed by atoms with Gasteiger partial charge in [0.2, 0.25) is 0 Å². The Morgan fingerprint density at radius 3 is 1.44 bits per heavy atom. The van der Waals surface area contributed by atoms with Gasteiger partial charge >= 0.3 is 0 Å². The maximum atomic E-state index is 2.62. The molecule has 36 heavy (non-hydrogen) atoms. The quantitative estimate of drug-likeness (QED) is 0.131. The molecule has 2 rings (SSSR count). The van der Waals surface area contributed by atoms with Gasteiger partial charge < -0.3 is 9.80 Å². The fourth-order valence-electron chi connectivity index (χ4n) is 5.68. The van der Waals surface area contributed by atoms with Crippen LogP contribution >= 0.6 is 0 Å². The molecule has 1 aliphatic heterocycles. The van der Waals surface area contributed by atoms with Gasteiger partial charge in [0.05, 0.1) is 0 Å². The van der Waals surface area contributed by atoms with E-state index < -0.39 is 0 Å². The first-order chi connectivity index (χ1) is 17.9. The third-order valence-corrected chi connectivity index (χ3v) is 8.01. The van der Waals surface area contributed by atoms with Crippen LogP contribution in [0, 0.1) is 0 Å². The smallest absolute Gasteiger partial charge is 0.105 e. The largest absolute Gasteiger partial charge is 0.356 e. The van der Waals surface area contributed by atoms with Crippen molar-refractivity contribution in [1.29, 1.82) is 0 Å². The number of benzene rings is 1. The fourth-order valence-corrected chi connectivity index (χ4v) is 5.68. The molecular weight excluding hydrogens is 436 g/mol. The zero-order valence-electron chi connectivity index (χ0n) is 24.3. The minimum Gasteiger partial charge on any atom is -0.356 e. The van der Waals surface area contributed by atoms with E-state index in [4.69, 9.17) is 0 Å². The average molecular weight is 497 g/mol. The molecule has 0 saturated carbocycles. The summed E-state index contributed by atoms with van der Waals surface area (Å²) in [5, 5.41) is 0. The normalized spacial score (nSPS) is 15.3. The number of hydrogen-bond donors (Lipinski definition) is 0. The zero-order valence-corrected chi connectivity index (χ0v) is 24.3. The molecule has 0 amide bonds.